The van der Waals surface area contributed by atoms with Gasteiger partial charge in [-0.3, -0.25) is 0 Å². The van der Waals surface area contributed by atoms with Gasteiger partial charge in [0.05, 0.1) is 29.4 Å². The van der Waals surface area contributed by atoms with E-state index in [1.165, 1.54) is 6.07 Å². The molecule has 2 aromatic carbocycles. The van der Waals surface area contributed by atoms with Gasteiger partial charge in [-0.2, -0.15) is 13.2 Å². The van der Waals surface area contributed by atoms with Crippen molar-refractivity contribution in [1.29, 1.82) is 0 Å². The van der Waals surface area contributed by atoms with Gasteiger partial charge in [0.2, 0.25) is 0 Å². The lowest BCUT2D eigenvalue weighted by Gasteiger charge is -2.09. The first-order valence-corrected chi connectivity index (χ1v) is 8.13. The molecule has 0 N–H and O–H groups in total. The normalized spacial score (nSPS) is 12.0. The second-order valence-corrected chi connectivity index (χ2v) is 6.06. The summed E-state index contributed by atoms with van der Waals surface area (Å²) >= 11 is 0. The van der Waals surface area contributed by atoms with Crippen LogP contribution in [-0.4, -0.2) is 9.55 Å². The van der Waals surface area contributed by atoms with Crippen molar-refractivity contribution in [1.82, 2.24) is 9.55 Å². The number of hydrogen-bond acceptors (Lipinski definition) is 2. The van der Waals surface area contributed by atoms with Crippen LogP contribution in [0.4, 0.5) is 13.2 Å². The largest absolute Gasteiger partial charge is 0.467 e. The number of fused-ring (bicyclic) bond motifs is 1. The van der Waals surface area contributed by atoms with Crippen molar-refractivity contribution >= 4 is 11.0 Å². The number of imidazole rings is 1. The first-order chi connectivity index (χ1) is 12.5. The van der Waals surface area contributed by atoms with Crippen LogP contribution in [0.1, 0.15) is 22.7 Å². The smallest absolute Gasteiger partial charge is 0.416 e. The highest BCUT2D eigenvalue weighted by molar-refractivity contribution is 5.77. The Bertz CT molecular complexity index is 1020. The van der Waals surface area contributed by atoms with E-state index in [-0.39, 0.29) is 0 Å². The van der Waals surface area contributed by atoms with Crippen LogP contribution in [0.3, 0.4) is 0 Å². The van der Waals surface area contributed by atoms with Gasteiger partial charge in [-0.1, -0.05) is 30.3 Å². The first-order valence-electron chi connectivity index (χ1n) is 8.13. The lowest BCUT2D eigenvalue weighted by Crippen LogP contribution is -2.06. The first kappa shape index (κ1) is 16.4. The molecule has 4 rings (SSSR count). The standard InChI is InChI=1S/C20H15F3N2O/c21-20(22,23)15-8-9-18-17(12-15)24-19(11-14-5-2-1-3-6-14)25(18)13-16-7-4-10-26-16/h1-10,12H,11,13H2. The zero-order valence-corrected chi connectivity index (χ0v) is 13.7. The third-order valence-electron chi connectivity index (χ3n) is 4.25. The number of halogens is 3. The van der Waals surface area contributed by atoms with Crippen molar-refractivity contribution in [3.63, 3.8) is 0 Å². The van der Waals surface area contributed by atoms with Gasteiger partial charge in [-0.25, -0.2) is 4.98 Å². The van der Waals surface area contributed by atoms with Gasteiger partial charge in [0.25, 0.3) is 0 Å². The van der Waals surface area contributed by atoms with Gasteiger partial charge in [0, 0.05) is 6.42 Å². The monoisotopic (exact) mass is 356 g/mol. The highest BCUT2D eigenvalue weighted by atomic mass is 19.4. The Balaban J connectivity index is 1.81. The van der Waals surface area contributed by atoms with Crippen LogP contribution < -0.4 is 0 Å². The molecule has 0 saturated heterocycles. The zero-order valence-electron chi connectivity index (χ0n) is 13.7. The number of alkyl halides is 3. The Morgan fingerprint density at radius 2 is 1.77 bits per heavy atom. The maximum absolute atomic E-state index is 13.0. The number of furan rings is 1. The van der Waals surface area contributed by atoms with E-state index < -0.39 is 11.7 Å². The lowest BCUT2D eigenvalue weighted by molar-refractivity contribution is -0.137. The van der Waals surface area contributed by atoms with Gasteiger partial charge >= 0.3 is 6.18 Å². The Labute approximate surface area is 147 Å². The summed E-state index contributed by atoms with van der Waals surface area (Å²) in [6, 6.07) is 17.0. The average Bonchev–Trinajstić information content (AvgIpc) is 3.23. The van der Waals surface area contributed by atoms with Gasteiger partial charge < -0.3 is 8.98 Å². The Kier molecular flexibility index (Phi) is 4.03. The predicted molar refractivity (Wildman–Crippen MR) is 91.8 cm³/mol. The SMILES string of the molecule is FC(F)(F)c1ccc2c(c1)nc(Cc1ccccc1)n2Cc1ccco1. The van der Waals surface area contributed by atoms with Crippen molar-refractivity contribution in [2.75, 3.05) is 0 Å². The number of nitrogens with zero attached hydrogens (tertiary/aromatic N) is 2. The molecule has 0 saturated carbocycles. The number of hydrogen-bond donors (Lipinski definition) is 0. The molecular weight excluding hydrogens is 341 g/mol. The molecule has 26 heavy (non-hydrogen) atoms. The molecule has 0 amide bonds. The van der Waals surface area contributed by atoms with Gasteiger partial charge in [0.1, 0.15) is 11.6 Å². The molecule has 0 aliphatic carbocycles. The summed E-state index contributed by atoms with van der Waals surface area (Å²) in [4.78, 5) is 4.48. The Morgan fingerprint density at radius 1 is 0.962 bits per heavy atom. The van der Waals surface area contributed by atoms with E-state index >= 15 is 0 Å². The zero-order chi connectivity index (χ0) is 18.1. The van der Waals surface area contributed by atoms with E-state index in [2.05, 4.69) is 4.98 Å². The number of rotatable bonds is 4. The molecule has 2 heterocycles. The number of benzene rings is 2. The van der Waals surface area contributed by atoms with Crippen LogP contribution in [0.25, 0.3) is 11.0 Å². The summed E-state index contributed by atoms with van der Waals surface area (Å²) in [5, 5.41) is 0. The van der Waals surface area contributed by atoms with Crippen LogP contribution in [0.2, 0.25) is 0 Å². The summed E-state index contributed by atoms with van der Waals surface area (Å²) in [6.45, 7) is 0.414. The summed E-state index contributed by atoms with van der Waals surface area (Å²) in [6.07, 6.45) is -2.29. The topological polar surface area (TPSA) is 31.0 Å². The predicted octanol–water partition coefficient (Wildman–Crippen LogP) is 5.29. The van der Waals surface area contributed by atoms with E-state index in [0.29, 0.717) is 29.8 Å². The molecule has 6 heteroatoms. The van der Waals surface area contributed by atoms with Crippen molar-refractivity contribution in [3.05, 3.63) is 89.6 Å². The minimum absolute atomic E-state index is 0.331. The summed E-state index contributed by atoms with van der Waals surface area (Å²) < 4.78 is 46.4. The van der Waals surface area contributed by atoms with Crippen molar-refractivity contribution in [3.8, 4) is 0 Å². The molecule has 4 aromatic rings. The van der Waals surface area contributed by atoms with Crippen LogP contribution in [0.15, 0.2) is 71.3 Å². The van der Waals surface area contributed by atoms with E-state index in [4.69, 9.17) is 4.42 Å². The summed E-state index contributed by atoms with van der Waals surface area (Å²) in [7, 11) is 0. The Hall–Kier alpha value is -3.02. The molecule has 0 radical (unpaired) electrons. The van der Waals surface area contributed by atoms with Crippen molar-refractivity contribution < 1.29 is 17.6 Å². The summed E-state index contributed by atoms with van der Waals surface area (Å²) in [5.74, 6) is 1.42. The molecule has 0 unspecified atom stereocenters. The van der Waals surface area contributed by atoms with Crippen molar-refractivity contribution in [2.24, 2.45) is 0 Å². The van der Waals surface area contributed by atoms with Crippen molar-refractivity contribution in [2.45, 2.75) is 19.1 Å². The van der Waals surface area contributed by atoms with E-state index in [1.807, 2.05) is 41.0 Å². The van der Waals surface area contributed by atoms with Gasteiger partial charge in [-0.05, 0) is 35.9 Å². The fourth-order valence-corrected chi connectivity index (χ4v) is 3.00. The number of aromatic nitrogens is 2. The Morgan fingerprint density at radius 3 is 2.46 bits per heavy atom. The van der Waals surface area contributed by atoms with Crippen LogP contribution in [0.5, 0.6) is 0 Å². The fourth-order valence-electron chi connectivity index (χ4n) is 3.00. The van der Waals surface area contributed by atoms with Gasteiger partial charge in [0.15, 0.2) is 0 Å². The molecule has 3 nitrogen and oxygen atoms in total. The third-order valence-corrected chi connectivity index (χ3v) is 4.25. The fraction of sp³-hybridized carbons (Fsp3) is 0.150. The summed E-state index contributed by atoms with van der Waals surface area (Å²) in [5.41, 5.74) is 1.33. The maximum Gasteiger partial charge on any atom is 0.416 e. The second-order valence-electron chi connectivity index (χ2n) is 6.06. The van der Waals surface area contributed by atoms with Gasteiger partial charge in [-0.15, -0.1) is 0 Å². The van der Waals surface area contributed by atoms with E-state index in [1.54, 1.807) is 12.3 Å². The van der Waals surface area contributed by atoms with E-state index in [9.17, 15) is 13.2 Å². The maximum atomic E-state index is 13.0. The third kappa shape index (κ3) is 3.22. The molecule has 0 bridgehead atoms. The molecule has 0 fully saturated rings. The molecule has 0 aliphatic rings. The molecule has 0 aliphatic heterocycles. The van der Waals surface area contributed by atoms with Crippen LogP contribution in [-0.2, 0) is 19.1 Å². The molecule has 0 spiro atoms. The minimum atomic E-state index is -4.39. The molecule has 132 valence electrons. The minimum Gasteiger partial charge on any atom is -0.467 e. The highest BCUT2D eigenvalue weighted by Gasteiger charge is 2.31. The highest BCUT2D eigenvalue weighted by Crippen LogP contribution is 2.32. The molecule has 2 aromatic heterocycles. The second kappa shape index (κ2) is 6.37. The van der Waals surface area contributed by atoms with Crippen LogP contribution in [0, 0.1) is 0 Å². The quantitative estimate of drug-likeness (QED) is 0.498. The lowest BCUT2D eigenvalue weighted by atomic mass is 10.1. The van der Waals surface area contributed by atoms with Crippen LogP contribution >= 0.6 is 0 Å². The average molecular weight is 356 g/mol. The molecule has 0 atom stereocenters. The molecular formula is C20H15F3N2O. The van der Waals surface area contributed by atoms with E-state index in [0.717, 1.165) is 23.5 Å².